The number of carboxylic acids is 1. The minimum atomic E-state index is -3.43. The Labute approximate surface area is 97.6 Å². The van der Waals surface area contributed by atoms with Crippen molar-refractivity contribution in [2.45, 2.75) is 4.90 Å². The Morgan fingerprint density at radius 1 is 1.29 bits per heavy atom. The van der Waals surface area contributed by atoms with Crippen molar-refractivity contribution in [3.8, 4) is 0 Å². The molecule has 88 valence electrons. The van der Waals surface area contributed by atoms with E-state index in [4.69, 9.17) is 5.11 Å². The second-order valence-electron chi connectivity index (χ2n) is 3.59. The van der Waals surface area contributed by atoms with Crippen LogP contribution < -0.4 is 0 Å². The van der Waals surface area contributed by atoms with Crippen molar-refractivity contribution in [2.75, 3.05) is 6.26 Å². The van der Waals surface area contributed by atoms with Crippen LogP contribution in [0.5, 0.6) is 0 Å². The third kappa shape index (κ3) is 1.99. The number of hydrogen-bond donors (Lipinski definition) is 1. The molecule has 0 amide bonds. The molecular weight excluding hydrogens is 242 g/mol. The minimum Gasteiger partial charge on any atom is -0.478 e. The summed E-state index contributed by atoms with van der Waals surface area (Å²) in [5.41, 5.74) is 0.232. The Bertz CT molecular complexity index is 706. The number of rotatable bonds is 2. The number of hydrogen-bond acceptors (Lipinski definition) is 4. The van der Waals surface area contributed by atoms with Crippen molar-refractivity contribution in [1.29, 1.82) is 0 Å². The lowest BCUT2D eigenvalue weighted by Crippen LogP contribution is -2.03. The Morgan fingerprint density at radius 3 is 2.59 bits per heavy atom. The van der Waals surface area contributed by atoms with Gasteiger partial charge in [0.05, 0.1) is 16.0 Å². The molecule has 6 heteroatoms. The number of nitrogens with zero attached hydrogens (tertiary/aromatic N) is 1. The average Bonchev–Trinajstić information content (AvgIpc) is 2.26. The number of carbonyl (C=O) groups is 1. The molecule has 2 aromatic rings. The van der Waals surface area contributed by atoms with Gasteiger partial charge in [0.15, 0.2) is 9.84 Å². The highest BCUT2D eigenvalue weighted by molar-refractivity contribution is 7.91. The zero-order chi connectivity index (χ0) is 12.6. The first-order valence-electron chi connectivity index (χ1n) is 4.72. The molecule has 0 bridgehead atoms. The summed E-state index contributed by atoms with van der Waals surface area (Å²) in [4.78, 5) is 15.0. The SMILES string of the molecule is CS(=O)(=O)c1ccc(C(=O)O)c2cccnc12. The van der Waals surface area contributed by atoms with Crippen LogP contribution in [0.25, 0.3) is 10.9 Å². The fourth-order valence-electron chi connectivity index (χ4n) is 1.63. The van der Waals surface area contributed by atoms with E-state index in [1.54, 1.807) is 12.1 Å². The van der Waals surface area contributed by atoms with E-state index in [9.17, 15) is 13.2 Å². The van der Waals surface area contributed by atoms with E-state index in [-0.39, 0.29) is 16.0 Å². The third-order valence-electron chi connectivity index (χ3n) is 2.36. The van der Waals surface area contributed by atoms with E-state index in [0.717, 1.165) is 6.26 Å². The van der Waals surface area contributed by atoms with Crippen LogP contribution >= 0.6 is 0 Å². The summed E-state index contributed by atoms with van der Waals surface area (Å²) in [6, 6.07) is 5.66. The first kappa shape index (κ1) is 11.5. The van der Waals surface area contributed by atoms with Crippen molar-refractivity contribution < 1.29 is 18.3 Å². The standard InChI is InChI=1S/C11H9NO4S/c1-17(15,16)9-5-4-8(11(13)14)7-3-2-6-12-10(7)9/h2-6H,1H3,(H,13,14). The number of aromatic nitrogens is 1. The highest BCUT2D eigenvalue weighted by Gasteiger charge is 2.17. The van der Waals surface area contributed by atoms with Gasteiger partial charge in [0.25, 0.3) is 0 Å². The van der Waals surface area contributed by atoms with E-state index >= 15 is 0 Å². The van der Waals surface area contributed by atoms with Gasteiger partial charge < -0.3 is 5.11 Å². The number of carboxylic acid groups (broad SMARTS) is 1. The molecule has 0 saturated carbocycles. The predicted molar refractivity (Wildman–Crippen MR) is 61.8 cm³/mol. The predicted octanol–water partition coefficient (Wildman–Crippen LogP) is 1.34. The van der Waals surface area contributed by atoms with Crippen molar-refractivity contribution in [1.82, 2.24) is 4.98 Å². The molecule has 0 aliphatic carbocycles. The van der Waals surface area contributed by atoms with Gasteiger partial charge >= 0.3 is 5.97 Å². The van der Waals surface area contributed by atoms with Gasteiger partial charge in [-0.2, -0.15) is 0 Å². The van der Waals surface area contributed by atoms with E-state index < -0.39 is 15.8 Å². The molecular formula is C11H9NO4S. The largest absolute Gasteiger partial charge is 0.478 e. The minimum absolute atomic E-state index is 0.0399. The Morgan fingerprint density at radius 2 is 2.00 bits per heavy atom. The van der Waals surface area contributed by atoms with Gasteiger partial charge in [0.1, 0.15) is 0 Å². The fourth-order valence-corrected chi connectivity index (χ4v) is 2.46. The van der Waals surface area contributed by atoms with Gasteiger partial charge in [-0.3, -0.25) is 4.98 Å². The molecule has 0 aliphatic heterocycles. The van der Waals surface area contributed by atoms with Gasteiger partial charge in [-0.25, -0.2) is 13.2 Å². The van der Waals surface area contributed by atoms with Gasteiger partial charge in [0.2, 0.25) is 0 Å². The maximum absolute atomic E-state index is 11.5. The smallest absolute Gasteiger partial charge is 0.336 e. The first-order valence-corrected chi connectivity index (χ1v) is 6.61. The molecule has 0 saturated heterocycles. The monoisotopic (exact) mass is 251 g/mol. The van der Waals surface area contributed by atoms with E-state index in [1.807, 2.05) is 0 Å². The topological polar surface area (TPSA) is 84.3 Å². The summed E-state index contributed by atoms with van der Waals surface area (Å²) < 4.78 is 23.1. The number of pyridine rings is 1. The summed E-state index contributed by atoms with van der Waals surface area (Å²) in [5, 5.41) is 9.32. The van der Waals surface area contributed by atoms with Crippen LogP contribution in [0.3, 0.4) is 0 Å². The summed E-state index contributed by atoms with van der Waals surface area (Å²) >= 11 is 0. The Hall–Kier alpha value is -1.95. The van der Waals surface area contributed by atoms with Crippen LogP contribution in [0.1, 0.15) is 10.4 Å². The fraction of sp³-hybridized carbons (Fsp3) is 0.0909. The van der Waals surface area contributed by atoms with E-state index in [1.165, 1.54) is 18.3 Å². The molecule has 0 aliphatic rings. The zero-order valence-corrected chi connectivity index (χ0v) is 9.73. The highest BCUT2D eigenvalue weighted by Crippen LogP contribution is 2.24. The van der Waals surface area contributed by atoms with Gasteiger partial charge in [-0.05, 0) is 18.2 Å². The van der Waals surface area contributed by atoms with Crippen LogP contribution in [-0.4, -0.2) is 30.7 Å². The van der Waals surface area contributed by atoms with Crippen LogP contribution in [0.4, 0.5) is 0 Å². The summed E-state index contributed by atoms with van der Waals surface area (Å²) in [5.74, 6) is -1.11. The summed E-state index contributed by atoms with van der Waals surface area (Å²) in [6.45, 7) is 0. The van der Waals surface area contributed by atoms with Gasteiger partial charge in [0, 0.05) is 17.8 Å². The third-order valence-corrected chi connectivity index (χ3v) is 3.49. The lowest BCUT2D eigenvalue weighted by molar-refractivity contribution is 0.0699. The summed E-state index contributed by atoms with van der Waals surface area (Å²) in [7, 11) is -3.43. The van der Waals surface area contributed by atoms with Crippen molar-refractivity contribution >= 4 is 26.7 Å². The average molecular weight is 251 g/mol. The number of aromatic carboxylic acids is 1. The maximum Gasteiger partial charge on any atom is 0.336 e. The molecule has 1 aromatic carbocycles. The van der Waals surface area contributed by atoms with E-state index in [0.29, 0.717) is 5.39 Å². The van der Waals surface area contributed by atoms with Crippen LogP contribution in [0.2, 0.25) is 0 Å². The Balaban J connectivity index is 2.95. The summed E-state index contributed by atoms with van der Waals surface area (Å²) in [6.07, 6.45) is 2.50. The quantitative estimate of drug-likeness (QED) is 0.870. The molecule has 0 radical (unpaired) electrons. The van der Waals surface area contributed by atoms with E-state index in [2.05, 4.69) is 4.98 Å². The molecule has 0 fully saturated rings. The number of sulfone groups is 1. The maximum atomic E-state index is 11.5. The van der Waals surface area contributed by atoms with Crippen molar-refractivity contribution in [3.05, 3.63) is 36.0 Å². The number of benzene rings is 1. The molecule has 1 N–H and O–H groups in total. The zero-order valence-electron chi connectivity index (χ0n) is 8.91. The molecule has 1 heterocycles. The highest BCUT2D eigenvalue weighted by atomic mass is 32.2. The molecule has 0 unspecified atom stereocenters. The Kier molecular flexibility index (Phi) is 2.59. The normalized spacial score (nSPS) is 11.6. The molecule has 2 rings (SSSR count). The molecule has 1 aromatic heterocycles. The second-order valence-corrected chi connectivity index (χ2v) is 5.57. The lowest BCUT2D eigenvalue weighted by atomic mass is 10.1. The molecule has 17 heavy (non-hydrogen) atoms. The van der Waals surface area contributed by atoms with Crippen LogP contribution in [0, 0.1) is 0 Å². The van der Waals surface area contributed by atoms with Crippen molar-refractivity contribution in [2.24, 2.45) is 0 Å². The molecule has 5 nitrogen and oxygen atoms in total. The van der Waals surface area contributed by atoms with Crippen LogP contribution in [0.15, 0.2) is 35.4 Å². The van der Waals surface area contributed by atoms with Crippen LogP contribution in [-0.2, 0) is 9.84 Å². The second kappa shape index (κ2) is 3.81. The number of fused-ring (bicyclic) bond motifs is 1. The molecule has 0 atom stereocenters. The van der Waals surface area contributed by atoms with Gasteiger partial charge in [-0.15, -0.1) is 0 Å². The first-order chi connectivity index (χ1) is 7.91. The molecule has 0 spiro atoms. The van der Waals surface area contributed by atoms with Crippen molar-refractivity contribution in [3.63, 3.8) is 0 Å². The van der Waals surface area contributed by atoms with Gasteiger partial charge in [-0.1, -0.05) is 6.07 Å². The lowest BCUT2D eigenvalue weighted by Gasteiger charge is -2.06.